The summed E-state index contributed by atoms with van der Waals surface area (Å²) >= 11 is 6.05. The van der Waals surface area contributed by atoms with Gasteiger partial charge in [-0.15, -0.1) is 0 Å². The van der Waals surface area contributed by atoms with Crippen LogP contribution >= 0.6 is 11.6 Å². The third kappa shape index (κ3) is 4.31. The van der Waals surface area contributed by atoms with Crippen molar-refractivity contribution in [3.63, 3.8) is 0 Å². The fraction of sp³-hybridized carbons (Fsp3) is 0.455. The van der Waals surface area contributed by atoms with Gasteiger partial charge in [0.05, 0.1) is 5.56 Å². The number of halogens is 1. The van der Waals surface area contributed by atoms with Crippen molar-refractivity contribution in [1.82, 2.24) is 14.8 Å². The maximum absolute atomic E-state index is 12.9. The molecule has 2 aliphatic rings. The molecule has 0 bridgehead atoms. The lowest BCUT2D eigenvalue weighted by atomic mass is 9.91. The van der Waals surface area contributed by atoms with Crippen molar-refractivity contribution < 1.29 is 9.53 Å². The highest BCUT2D eigenvalue weighted by Gasteiger charge is 2.28. The zero-order valence-corrected chi connectivity index (χ0v) is 17.0. The molecule has 0 radical (unpaired) electrons. The van der Waals surface area contributed by atoms with E-state index in [1.54, 1.807) is 30.5 Å². The molecule has 6 heteroatoms. The van der Waals surface area contributed by atoms with Crippen molar-refractivity contribution >= 4 is 17.5 Å². The third-order valence-corrected chi connectivity index (χ3v) is 6.17. The Bertz CT molecular complexity index is 836. The first-order valence-corrected chi connectivity index (χ1v) is 10.4. The molecular formula is C22H26ClN3O2. The number of aromatic nitrogens is 1. The highest BCUT2D eigenvalue weighted by atomic mass is 35.5. The van der Waals surface area contributed by atoms with Crippen LogP contribution in [0.2, 0.25) is 5.02 Å². The quantitative estimate of drug-likeness (QED) is 0.757. The summed E-state index contributed by atoms with van der Waals surface area (Å²) in [6.07, 6.45) is 6.61. The van der Waals surface area contributed by atoms with E-state index in [0.717, 1.165) is 44.2 Å². The van der Waals surface area contributed by atoms with Crippen LogP contribution in [0.5, 0.6) is 11.6 Å². The second-order valence-electron chi connectivity index (χ2n) is 7.66. The number of nitrogens with zero attached hydrogens (tertiary/aromatic N) is 3. The fourth-order valence-electron chi connectivity index (χ4n) is 3.81. The molecule has 1 aromatic carbocycles. The minimum absolute atomic E-state index is 0.0526. The zero-order valence-electron chi connectivity index (χ0n) is 16.2. The summed E-state index contributed by atoms with van der Waals surface area (Å²) in [6.45, 7) is 5.60. The van der Waals surface area contributed by atoms with Gasteiger partial charge in [-0.3, -0.25) is 9.69 Å². The summed E-state index contributed by atoms with van der Waals surface area (Å²) in [5.74, 6) is 1.19. The summed E-state index contributed by atoms with van der Waals surface area (Å²) in [6, 6.07) is 9.76. The molecule has 1 aliphatic heterocycles. The molecule has 1 amide bonds. The summed E-state index contributed by atoms with van der Waals surface area (Å²) in [5.41, 5.74) is 1.56. The number of benzene rings is 1. The first-order valence-electron chi connectivity index (χ1n) is 10.0. The van der Waals surface area contributed by atoms with Crippen molar-refractivity contribution in [3.05, 3.63) is 52.7 Å². The first kappa shape index (κ1) is 19.2. The standard InChI is InChI=1S/C22H26ClN3O2/c1-16-14-19(7-8-20(16)23)28-21-9-6-17(15-24-21)22(27)26-11-3-10-25(12-13-26)18-4-2-5-18/h6-9,14-15,18H,2-5,10-13H2,1H3. The van der Waals surface area contributed by atoms with Crippen LogP contribution in [-0.2, 0) is 0 Å². The number of carbonyl (C=O) groups excluding carboxylic acids is 1. The monoisotopic (exact) mass is 399 g/mol. The lowest BCUT2D eigenvalue weighted by molar-refractivity contribution is 0.0749. The number of ether oxygens (including phenoxy) is 1. The summed E-state index contributed by atoms with van der Waals surface area (Å²) in [7, 11) is 0. The lowest BCUT2D eigenvalue weighted by Crippen LogP contribution is -2.42. The van der Waals surface area contributed by atoms with Gasteiger partial charge in [-0.2, -0.15) is 0 Å². The number of hydrogen-bond donors (Lipinski definition) is 0. The van der Waals surface area contributed by atoms with Crippen LogP contribution in [0.15, 0.2) is 36.5 Å². The average molecular weight is 400 g/mol. The van der Waals surface area contributed by atoms with E-state index in [4.69, 9.17) is 16.3 Å². The van der Waals surface area contributed by atoms with Gasteiger partial charge in [-0.05, 0) is 56.0 Å². The van der Waals surface area contributed by atoms with Gasteiger partial charge in [-0.25, -0.2) is 4.98 Å². The molecule has 148 valence electrons. The van der Waals surface area contributed by atoms with E-state index >= 15 is 0 Å². The molecule has 2 aromatic rings. The molecule has 1 saturated heterocycles. The summed E-state index contributed by atoms with van der Waals surface area (Å²) in [5, 5.41) is 0.703. The number of rotatable bonds is 4. The third-order valence-electron chi connectivity index (χ3n) is 5.74. The lowest BCUT2D eigenvalue weighted by Gasteiger charge is -2.36. The molecule has 2 heterocycles. The van der Waals surface area contributed by atoms with Crippen LogP contribution < -0.4 is 4.74 Å². The Kier molecular flexibility index (Phi) is 5.83. The zero-order chi connectivity index (χ0) is 19.5. The van der Waals surface area contributed by atoms with Crippen molar-refractivity contribution in [2.45, 2.75) is 38.6 Å². The van der Waals surface area contributed by atoms with E-state index in [2.05, 4.69) is 9.88 Å². The van der Waals surface area contributed by atoms with E-state index in [9.17, 15) is 4.79 Å². The fourth-order valence-corrected chi connectivity index (χ4v) is 3.93. The van der Waals surface area contributed by atoms with E-state index in [0.29, 0.717) is 22.2 Å². The maximum Gasteiger partial charge on any atom is 0.255 e. The van der Waals surface area contributed by atoms with Gasteiger partial charge < -0.3 is 9.64 Å². The van der Waals surface area contributed by atoms with E-state index in [1.807, 2.05) is 17.9 Å². The number of amides is 1. The van der Waals surface area contributed by atoms with Crippen LogP contribution in [0.25, 0.3) is 0 Å². The molecule has 1 aromatic heterocycles. The Hall–Kier alpha value is -2.11. The molecule has 2 fully saturated rings. The molecule has 0 N–H and O–H groups in total. The molecule has 1 saturated carbocycles. The van der Waals surface area contributed by atoms with Gasteiger partial charge >= 0.3 is 0 Å². The second kappa shape index (κ2) is 8.50. The minimum Gasteiger partial charge on any atom is -0.439 e. The van der Waals surface area contributed by atoms with Crippen LogP contribution in [0.4, 0.5) is 0 Å². The average Bonchev–Trinajstić information content (AvgIpc) is 2.90. The smallest absolute Gasteiger partial charge is 0.255 e. The van der Waals surface area contributed by atoms with Crippen LogP contribution in [-0.4, -0.2) is 52.9 Å². The molecule has 5 nitrogen and oxygen atoms in total. The topological polar surface area (TPSA) is 45.7 Å². The molecule has 0 atom stereocenters. The second-order valence-corrected chi connectivity index (χ2v) is 8.07. The minimum atomic E-state index is 0.0526. The number of pyridine rings is 1. The van der Waals surface area contributed by atoms with E-state index in [-0.39, 0.29) is 5.91 Å². The first-order chi connectivity index (χ1) is 13.6. The SMILES string of the molecule is Cc1cc(Oc2ccc(C(=O)N3CCCN(C4CCC4)CC3)cn2)ccc1Cl. The predicted molar refractivity (Wildman–Crippen MR) is 110 cm³/mol. The molecule has 0 spiro atoms. The molecule has 1 aliphatic carbocycles. The summed E-state index contributed by atoms with van der Waals surface area (Å²) in [4.78, 5) is 21.7. The number of aryl methyl sites for hydroxylation is 1. The van der Waals surface area contributed by atoms with Gasteiger partial charge in [0.15, 0.2) is 0 Å². The van der Waals surface area contributed by atoms with Gasteiger partial charge in [-0.1, -0.05) is 18.0 Å². The van der Waals surface area contributed by atoms with Crippen molar-refractivity contribution in [2.75, 3.05) is 26.2 Å². The Morgan fingerprint density at radius 3 is 2.64 bits per heavy atom. The highest BCUT2D eigenvalue weighted by molar-refractivity contribution is 6.31. The molecular weight excluding hydrogens is 374 g/mol. The van der Waals surface area contributed by atoms with E-state index < -0.39 is 0 Å². The van der Waals surface area contributed by atoms with Crippen LogP contribution in [0.1, 0.15) is 41.6 Å². The largest absolute Gasteiger partial charge is 0.439 e. The molecule has 4 rings (SSSR count). The number of hydrogen-bond acceptors (Lipinski definition) is 4. The molecule has 28 heavy (non-hydrogen) atoms. The highest BCUT2D eigenvalue weighted by Crippen LogP contribution is 2.27. The Balaban J connectivity index is 1.37. The Morgan fingerprint density at radius 2 is 1.96 bits per heavy atom. The van der Waals surface area contributed by atoms with Gasteiger partial charge in [0, 0.05) is 49.5 Å². The van der Waals surface area contributed by atoms with Crippen molar-refractivity contribution in [2.24, 2.45) is 0 Å². The predicted octanol–water partition coefficient (Wildman–Crippen LogP) is 4.54. The normalized spacial score (nSPS) is 18.4. The Labute approximate surface area is 171 Å². The van der Waals surface area contributed by atoms with Crippen LogP contribution in [0.3, 0.4) is 0 Å². The Morgan fingerprint density at radius 1 is 1.11 bits per heavy atom. The molecule has 0 unspecified atom stereocenters. The summed E-state index contributed by atoms with van der Waals surface area (Å²) < 4.78 is 5.77. The van der Waals surface area contributed by atoms with Gasteiger partial charge in [0.2, 0.25) is 5.88 Å². The maximum atomic E-state index is 12.9. The van der Waals surface area contributed by atoms with E-state index in [1.165, 1.54) is 19.3 Å². The number of carbonyl (C=O) groups is 1. The van der Waals surface area contributed by atoms with Crippen LogP contribution in [0, 0.1) is 6.92 Å². The van der Waals surface area contributed by atoms with Crippen molar-refractivity contribution in [3.8, 4) is 11.6 Å². The van der Waals surface area contributed by atoms with Crippen molar-refractivity contribution in [1.29, 1.82) is 0 Å². The van der Waals surface area contributed by atoms with Gasteiger partial charge in [0.1, 0.15) is 5.75 Å². The van der Waals surface area contributed by atoms with Gasteiger partial charge in [0.25, 0.3) is 5.91 Å².